The highest BCUT2D eigenvalue weighted by molar-refractivity contribution is 6.31. The van der Waals surface area contributed by atoms with Crippen molar-refractivity contribution in [3.05, 3.63) is 64.7 Å². The number of halogens is 2. The molecule has 0 spiro atoms. The average Bonchev–Trinajstić information content (AvgIpc) is 2.40. The van der Waals surface area contributed by atoms with Crippen molar-refractivity contribution in [2.75, 3.05) is 0 Å². The first-order valence-corrected chi connectivity index (χ1v) is 6.12. The number of hydrogen-bond acceptors (Lipinski definition) is 2. The maximum atomic E-state index is 13.1. The summed E-state index contributed by atoms with van der Waals surface area (Å²) >= 11 is 6.01. The van der Waals surface area contributed by atoms with Crippen LogP contribution in [0.5, 0.6) is 0 Å². The van der Waals surface area contributed by atoms with Crippen molar-refractivity contribution in [1.29, 1.82) is 0 Å². The summed E-state index contributed by atoms with van der Waals surface area (Å²) in [5.74, 6) is -0.271. The van der Waals surface area contributed by atoms with Crippen molar-refractivity contribution in [1.82, 2.24) is 10.3 Å². The van der Waals surface area contributed by atoms with Crippen LogP contribution < -0.4 is 5.32 Å². The minimum atomic E-state index is -0.271. The topological polar surface area (TPSA) is 24.9 Å². The van der Waals surface area contributed by atoms with E-state index < -0.39 is 0 Å². The SMILES string of the molecule is CC(NCc1cc(F)ccc1Cl)c1ccncc1. The molecule has 1 aromatic carbocycles. The van der Waals surface area contributed by atoms with Gasteiger partial charge in [0.05, 0.1) is 0 Å². The molecule has 0 saturated heterocycles. The molecule has 0 radical (unpaired) electrons. The number of rotatable bonds is 4. The first-order chi connectivity index (χ1) is 8.66. The standard InChI is InChI=1S/C14H14ClFN2/c1-10(11-4-6-17-7-5-11)18-9-12-8-13(16)2-3-14(12)15/h2-8,10,18H,9H2,1H3. The summed E-state index contributed by atoms with van der Waals surface area (Å²) in [6.07, 6.45) is 3.51. The van der Waals surface area contributed by atoms with Crippen LogP contribution in [0.1, 0.15) is 24.1 Å². The molecule has 2 rings (SSSR count). The van der Waals surface area contributed by atoms with E-state index in [1.807, 2.05) is 19.1 Å². The Morgan fingerprint density at radius 2 is 2.00 bits per heavy atom. The molecule has 2 nitrogen and oxygen atoms in total. The van der Waals surface area contributed by atoms with E-state index in [2.05, 4.69) is 10.3 Å². The van der Waals surface area contributed by atoms with Gasteiger partial charge in [-0.15, -0.1) is 0 Å². The zero-order valence-corrected chi connectivity index (χ0v) is 10.8. The Kier molecular flexibility index (Phi) is 4.28. The van der Waals surface area contributed by atoms with Gasteiger partial charge in [-0.25, -0.2) is 4.39 Å². The third-order valence-electron chi connectivity index (χ3n) is 2.81. The Morgan fingerprint density at radius 1 is 1.28 bits per heavy atom. The van der Waals surface area contributed by atoms with Gasteiger partial charge in [0.15, 0.2) is 0 Å². The second kappa shape index (κ2) is 5.94. The first kappa shape index (κ1) is 13.0. The fourth-order valence-corrected chi connectivity index (χ4v) is 1.90. The molecule has 0 aliphatic carbocycles. The van der Waals surface area contributed by atoms with Crippen LogP contribution >= 0.6 is 11.6 Å². The molecule has 4 heteroatoms. The summed E-state index contributed by atoms with van der Waals surface area (Å²) in [7, 11) is 0. The van der Waals surface area contributed by atoms with Crippen molar-refractivity contribution in [2.45, 2.75) is 19.5 Å². The molecular weight excluding hydrogens is 251 g/mol. The number of hydrogen-bond donors (Lipinski definition) is 1. The number of aromatic nitrogens is 1. The minimum Gasteiger partial charge on any atom is -0.306 e. The Morgan fingerprint density at radius 3 is 2.72 bits per heavy atom. The molecule has 94 valence electrons. The lowest BCUT2D eigenvalue weighted by Crippen LogP contribution is -2.18. The van der Waals surface area contributed by atoms with Crippen LogP contribution in [0.3, 0.4) is 0 Å². The van der Waals surface area contributed by atoms with Gasteiger partial charge < -0.3 is 5.32 Å². The van der Waals surface area contributed by atoms with E-state index >= 15 is 0 Å². The molecule has 2 aromatic rings. The third kappa shape index (κ3) is 3.28. The second-order valence-corrected chi connectivity index (χ2v) is 4.53. The number of nitrogens with one attached hydrogen (secondary N) is 1. The Bertz CT molecular complexity index is 516. The van der Waals surface area contributed by atoms with Crippen molar-refractivity contribution >= 4 is 11.6 Å². The molecule has 0 aliphatic rings. The summed E-state index contributed by atoms with van der Waals surface area (Å²) < 4.78 is 13.1. The monoisotopic (exact) mass is 264 g/mol. The zero-order valence-electron chi connectivity index (χ0n) is 10.0. The van der Waals surface area contributed by atoms with E-state index in [4.69, 9.17) is 11.6 Å². The molecule has 0 fully saturated rings. The highest BCUT2D eigenvalue weighted by Crippen LogP contribution is 2.18. The second-order valence-electron chi connectivity index (χ2n) is 4.12. The summed E-state index contributed by atoms with van der Waals surface area (Å²) in [5, 5.41) is 3.88. The molecule has 0 aliphatic heterocycles. The molecule has 0 bridgehead atoms. The van der Waals surface area contributed by atoms with Gasteiger partial charge in [-0.05, 0) is 48.4 Å². The lowest BCUT2D eigenvalue weighted by atomic mass is 10.1. The fraction of sp³-hybridized carbons (Fsp3) is 0.214. The van der Waals surface area contributed by atoms with Gasteiger partial charge in [-0.2, -0.15) is 0 Å². The molecule has 0 saturated carbocycles. The lowest BCUT2D eigenvalue weighted by molar-refractivity contribution is 0.569. The van der Waals surface area contributed by atoms with Gasteiger partial charge in [-0.3, -0.25) is 4.98 Å². The summed E-state index contributed by atoms with van der Waals surface area (Å²) in [6, 6.07) is 8.44. The molecule has 1 unspecified atom stereocenters. The Hall–Kier alpha value is -1.45. The summed E-state index contributed by atoms with van der Waals surface area (Å²) in [6.45, 7) is 2.57. The predicted molar refractivity (Wildman–Crippen MR) is 70.9 cm³/mol. The van der Waals surface area contributed by atoms with Gasteiger partial charge in [-0.1, -0.05) is 11.6 Å². The van der Waals surface area contributed by atoms with E-state index in [9.17, 15) is 4.39 Å². The minimum absolute atomic E-state index is 0.160. The van der Waals surface area contributed by atoms with Crippen LogP contribution in [0, 0.1) is 5.82 Å². The van der Waals surface area contributed by atoms with E-state index in [1.165, 1.54) is 12.1 Å². The maximum Gasteiger partial charge on any atom is 0.123 e. The normalized spacial score (nSPS) is 12.4. The molecule has 1 N–H and O–H groups in total. The van der Waals surface area contributed by atoms with Crippen molar-refractivity contribution in [2.24, 2.45) is 0 Å². The molecule has 1 aromatic heterocycles. The number of pyridine rings is 1. The Balaban J connectivity index is 2.01. The van der Waals surface area contributed by atoms with Crippen molar-refractivity contribution in [3.63, 3.8) is 0 Å². The molecule has 1 heterocycles. The predicted octanol–water partition coefficient (Wildman–Crippen LogP) is 3.72. The smallest absolute Gasteiger partial charge is 0.123 e. The van der Waals surface area contributed by atoms with Crippen LogP contribution in [0.15, 0.2) is 42.7 Å². The van der Waals surface area contributed by atoms with Gasteiger partial charge in [0.1, 0.15) is 5.82 Å². The van der Waals surface area contributed by atoms with Crippen LogP contribution in [-0.2, 0) is 6.54 Å². The zero-order chi connectivity index (χ0) is 13.0. The summed E-state index contributed by atoms with van der Waals surface area (Å²) in [4.78, 5) is 3.97. The van der Waals surface area contributed by atoms with Gasteiger partial charge in [0.2, 0.25) is 0 Å². The average molecular weight is 265 g/mol. The highest BCUT2D eigenvalue weighted by Gasteiger charge is 2.06. The number of benzene rings is 1. The van der Waals surface area contributed by atoms with Crippen LogP contribution in [-0.4, -0.2) is 4.98 Å². The van der Waals surface area contributed by atoms with E-state index in [0.717, 1.165) is 11.1 Å². The molecule has 1 atom stereocenters. The van der Waals surface area contributed by atoms with Gasteiger partial charge >= 0.3 is 0 Å². The number of nitrogens with zero attached hydrogens (tertiary/aromatic N) is 1. The highest BCUT2D eigenvalue weighted by atomic mass is 35.5. The van der Waals surface area contributed by atoms with Crippen LogP contribution in [0.2, 0.25) is 5.02 Å². The van der Waals surface area contributed by atoms with E-state index in [1.54, 1.807) is 18.5 Å². The Labute approximate surface area is 111 Å². The third-order valence-corrected chi connectivity index (χ3v) is 3.18. The maximum absolute atomic E-state index is 13.1. The van der Waals surface area contributed by atoms with Gasteiger partial charge in [0, 0.05) is 30.0 Å². The quantitative estimate of drug-likeness (QED) is 0.910. The fourth-order valence-electron chi connectivity index (χ4n) is 1.71. The van der Waals surface area contributed by atoms with Crippen LogP contribution in [0.4, 0.5) is 4.39 Å². The van der Waals surface area contributed by atoms with E-state index in [0.29, 0.717) is 11.6 Å². The molecule has 18 heavy (non-hydrogen) atoms. The van der Waals surface area contributed by atoms with Crippen molar-refractivity contribution in [3.8, 4) is 0 Å². The van der Waals surface area contributed by atoms with E-state index in [-0.39, 0.29) is 11.9 Å². The lowest BCUT2D eigenvalue weighted by Gasteiger charge is -2.14. The molecular formula is C14H14ClFN2. The first-order valence-electron chi connectivity index (χ1n) is 5.74. The van der Waals surface area contributed by atoms with Crippen molar-refractivity contribution < 1.29 is 4.39 Å². The van der Waals surface area contributed by atoms with Gasteiger partial charge in [0.25, 0.3) is 0 Å². The van der Waals surface area contributed by atoms with Crippen LogP contribution in [0.25, 0.3) is 0 Å². The molecule has 0 amide bonds. The largest absolute Gasteiger partial charge is 0.306 e. The summed E-state index contributed by atoms with van der Waals surface area (Å²) in [5.41, 5.74) is 1.90.